The lowest BCUT2D eigenvalue weighted by Gasteiger charge is -2.26. The number of aromatic nitrogens is 2. The Labute approximate surface area is 177 Å². The van der Waals surface area contributed by atoms with Crippen molar-refractivity contribution >= 4 is 41.2 Å². The maximum Gasteiger partial charge on any atom is 0.335 e. The second kappa shape index (κ2) is 7.61. The first-order chi connectivity index (χ1) is 14.4. The van der Waals surface area contributed by atoms with Crippen LogP contribution in [0.15, 0.2) is 60.4 Å². The summed E-state index contributed by atoms with van der Waals surface area (Å²) in [5.74, 6) is -1.43. The number of hydrogen-bond donors (Lipinski definition) is 1. The summed E-state index contributed by atoms with van der Waals surface area (Å²) in [5.41, 5.74) is 3.60. The maximum absolute atomic E-state index is 13.0. The largest absolute Gasteiger partial charge is 0.335 e. The summed E-state index contributed by atoms with van der Waals surface area (Å²) in [5, 5.41) is 2.70. The van der Waals surface area contributed by atoms with E-state index in [1.165, 1.54) is 6.08 Å². The molecule has 2 aromatic heterocycles. The molecule has 150 valence electrons. The van der Waals surface area contributed by atoms with Gasteiger partial charge in [-0.25, -0.2) is 9.69 Å². The Morgan fingerprint density at radius 3 is 2.30 bits per heavy atom. The maximum atomic E-state index is 13.0. The van der Waals surface area contributed by atoms with Crippen molar-refractivity contribution in [3.63, 3.8) is 0 Å². The highest BCUT2D eigenvalue weighted by atomic mass is 35.5. The number of anilines is 1. The molecule has 3 heterocycles. The molecule has 0 bridgehead atoms. The molecule has 1 N–H and O–H groups in total. The van der Waals surface area contributed by atoms with Crippen molar-refractivity contribution in [1.82, 2.24) is 14.9 Å². The smallest absolute Gasteiger partial charge is 0.318 e. The minimum atomic E-state index is -0.799. The Kier molecular flexibility index (Phi) is 4.97. The summed E-state index contributed by atoms with van der Waals surface area (Å²) in [7, 11) is 0. The molecule has 1 aliphatic rings. The molecule has 0 radical (unpaired) electrons. The molecule has 30 heavy (non-hydrogen) atoms. The highest BCUT2D eigenvalue weighted by molar-refractivity contribution is 6.39. The Morgan fingerprint density at radius 2 is 1.63 bits per heavy atom. The van der Waals surface area contributed by atoms with Crippen LogP contribution in [0.25, 0.3) is 11.8 Å². The molecule has 1 aliphatic heterocycles. The van der Waals surface area contributed by atoms with Gasteiger partial charge >= 0.3 is 6.03 Å². The zero-order valence-corrected chi connectivity index (χ0v) is 17.0. The topological polar surface area (TPSA) is 84.3 Å². The third kappa shape index (κ3) is 3.40. The third-order valence-corrected chi connectivity index (χ3v) is 5.13. The van der Waals surface area contributed by atoms with Crippen LogP contribution in [0.1, 0.15) is 17.0 Å². The first-order valence-electron chi connectivity index (χ1n) is 9.13. The van der Waals surface area contributed by atoms with Crippen LogP contribution in [-0.2, 0) is 9.59 Å². The Balaban J connectivity index is 1.76. The molecule has 0 atom stereocenters. The normalized spacial score (nSPS) is 15.6. The van der Waals surface area contributed by atoms with Crippen molar-refractivity contribution in [2.24, 2.45) is 0 Å². The number of amides is 4. The minimum absolute atomic E-state index is 0.125. The number of hydrogen-bond acceptors (Lipinski definition) is 4. The van der Waals surface area contributed by atoms with E-state index in [1.54, 1.807) is 36.7 Å². The van der Waals surface area contributed by atoms with E-state index >= 15 is 0 Å². The van der Waals surface area contributed by atoms with Crippen molar-refractivity contribution in [2.75, 3.05) is 4.90 Å². The molecular weight excluding hydrogens is 404 g/mol. The minimum Gasteiger partial charge on any atom is -0.318 e. The number of rotatable bonds is 3. The monoisotopic (exact) mass is 420 g/mol. The first kappa shape index (κ1) is 19.6. The molecule has 3 aromatic rings. The van der Waals surface area contributed by atoms with Crippen molar-refractivity contribution in [3.8, 4) is 5.69 Å². The van der Waals surface area contributed by atoms with Gasteiger partial charge < -0.3 is 4.57 Å². The molecule has 0 saturated carbocycles. The number of aryl methyl sites for hydroxylation is 1. The van der Waals surface area contributed by atoms with Gasteiger partial charge in [0.15, 0.2) is 0 Å². The fourth-order valence-corrected chi connectivity index (χ4v) is 3.59. The summed E-state index contributed by atoms with van der Waals surface area (Å²) >= 11 is 5.89. The molecule has 0 unspecified atom stereocenters. The number of carbonyl (C=O) groups is 3. The molecule has 4 rings (SSSR count). The van der Waals surface area contributed by atoms with Crippen LogP contribution in [0.5, 0.6) is 0 Å². The molecule has 1 saturated heterocycles. The Bertz CT molecular complexity index is 1200. The van der Waals surface area contributed by atoms with Crippen molar-refractivity contribution < 1.29 is 14.4 Å². The van der Waals surface area contributed by atoms with Gasteiger partial charge in [0.25, 0.3) is 11.8 Å². The lowest BCUT2D eigenvalue weighted by molar-refractivity contribution is -0.122. The van der Waals surface area contributed by atoms with Crippen LogP contribution in [0.4, 0.5) is 10.5 Å². The number of carbonyl (C=O) groups excluding carboxylic acids is 3. The van der Waals surface area contributed by atoms with Gasteiger partial charge in [-0.3, -0.25) is 19.9 Å². The average molecular weight is 421 g/mol. The molecule has 4 amide bonds. The van der Waals surface area contributed by atoms with Crippen molar-refractivity contribution in [2.45, 2.75) is 13.8 Å². The number of pyridine rings is 1. The van der Waals surface area contributed by atoms with Crippen molar-refractivity contribution in [1.29, 1.82) is 0 Å². The van der Waals surface area contributed by atoms with E-state index in [0.717, 1.165) is 22.0 Å². The van der Waals surface area contributed by atoms with Crippen LogP contribution >= 0.6 is 11.6 Å². The summed E-state index contributed by atoms with van der Waals surface area (Å²) in [6.45, 7) is 3.83. The standard InChI is InChI=1S/C22H17ClN4O3/c1-13-11-15(14(2)26(13)18-7-9-24-10-8-18)12-19-20(28)25-22(30)27(21(19)29)17-5-3-16(23)4-6-17/h3-12H,1-2H3,(H,25,28,30). The van der Waals surface area contributed by atoms with Crippen LogP contribution < -0.4 is 10.2 Å². The first-order valence-corrected chi connectivity index (χ1v) is 9.51. The van der Waals surface area contributed by atoms with Gasteiger partial charge in [0.2, 0.25) is 0 Å². The highest BCUT2D eigenvalue weighted by Crippen LogP contribution is 2.26. The number of nitrogens with zero attached hydrogens (tertiary/aromatic N) is 3. The van der Waals surface area contributed by atoms with Gasteiger partial charge in [-0.1, -0.05) is 11.6 Å². The van der Waals surface area contributed by atoms with E-state index < -0.39 is 17.8 Å². The van der Waals surface area contributed by atoms with Gasteiger partial charge in [-0.05, 0) is 68.0 Å². The van der Waals surface area contributed by atoms with Crippen LogP contribution in [0.2, 0.25) is 5.02 Å². The SMILES string of the molecule is Cc1cc(C=C2C(=O)NC(=O)N(c3ccc(Cl)cc3)C2=O)c(C)n1-c1ccncc1. The summed E-state index contributed by atoms with van der Waals surface area (Å²) in [4.78, 5) is 42.7. The van der Waals surface area contributed by atoms with Gasteiger partial charge in [-0.15, -0.1) is 0 Å². The second-order valence-electron chi connectivity index (χ2n) is 6.80. The Morgan fingerprint density at radius 1 is 0.967 bits per heavy atom. The lowest BCUT2D eigenvalue weighted by atomic mass is 10.1. The molecule has 7 nitrogen and oxygen atoms in total. The fraction of sp³-hybridized carbons (Fsp3) is 0.0909. The van der Waals surface area contributed by atoms with Crippen LogP contribution in [0, 0.1) is 13.8 Å². The van der Waals surface area contributed by atoms with E-state index in [2.05, 4.69) is 10.3 Å². The lowest BCUT2D eigenvalue weighted by Crippen LogP contribution is -2.54. The molecule has 0 spiro atoms. The summed E-state index contributed by atoms with van der Waals surface area (Å²) < 4.78 is 2.00. The highest BCUT2D eigenvalue weighted by Gasteiger charge is 2.37. The zero-order valence-electron chi connectivity index (χ0n) is 16.2. The van der Waals surface area contributed by atoms with Crippen molar-refractivity contribution in [3.05, 3.63) is 82.4 Å². The average Bonchev–Trinajstić information content (AvgIpc) is 3.00. The molecule has 1 fully saturated rings. The molecule has 8 heteroatoms. The van der Waals surface area contributed by atoms with E-state index in [-0.39, 0.29) is 5.57 Å². The number of benzene rings is 1. The van der Waals surface area contributed by atoms with E-state index in [4.69, 9.17) is 11.6 Å². The third-order valence-electron chi connectivity index (χ3n) is 4.88. The van der Waals surface area contributed by atoms with E-state index in [9.17, 15) is 14.4 Å². The Hall–Kier alpha value is -3.71. The molecule has 1 aromatic carbocycles. The van der Waals surface area contributed by atoms with E-state index in [1.807, 2.05) is 36.6 Å². The number of nitrogens with one attached hydrogen (secondary N) is 1. The van der Waals surface area contributed by atoms with Gasteiger partial charge in [-0.2, -0.15) is 0 Å². The van der Waals surface area contributed by atoms with E-state index in [0.29, 0.717) is 16.3 Å². The molecular formula is C22H17ClN4O3. The zero-order chi connectivity index (χ0) is 21.4. The van der Waals surface area contributed by atoms with Gasteiger partial charge in [0.1, 0.15) is 5.57 Å². The summed E-state index contributed by atoms with van der Waals surface area (Å²) in [6, 6.07) is 11.1. The summed E-state index contributed by atoms with van der Waals surface area (Å²) in [6.07, 6.45) is 4.90. The van der Waals surface area contributed by atoms with Gasteiger partial charge in [0.05, 0.1) is 5.69 Å². The number of urea groups is 1. The van der Waals surface area contributed by atoms with Crippen LogP contribution in [0.3, 0.4) is 0 Å². The molecule has 0 aliphatic carbocycles. The number of imide groups is 2. The fourth-order valence-electron chi connectivity index (χ4n) is 3.46. The number of barbiturate groups is 1. The quantitative estimate of drug-likeness (QED) is 0.515. The predicted octanol–water partition coefficient (Wildman–Crippen LogP) is 3.81. The predicted molar refractivity (Wildman–Crippen MR) is 113 cm³/mol. The second-order valence-corrected chi connectivity index (χ2v) is 7.24. The van der Waals surface area contributed by atoms with Crippen LogP contribution in [-0.4, -0.2) is 27.4 Å². The van der Waals surface area contributed by atoms with Gasteiger partial charge in [0, 0.05) is 34.5 Å². The number of halogens is 1.